The normalized spacial score (nSPS) is 24.1. The Hall–Kier alpha value is -4.78. The smallest absolute Gasteiger partial charge is 0.151 e. The predicted octanol–water partition coefficient (Wildman–Crippen LogP) is 8.74. The number of rotatable bonds is 2. The van der Waals surface area contributed by atoms with E-state index in [2.05, 4.69) is 107 Å². The first-order chi connectivity index (χ1) is 23.7. The average Bonchev–Trinajstić information content (AvgIpc) is 3.96. The topological polar surface area (TPSA) is 43.4 Å². The largest absolute Gasteiger partial charge is 0.456 e. The molecule has 48 heavy (non-hydrogen) atoms. The maximum atomic E-state index is 7.04. The minimum absolute atomic E-state index is 0.531. The molecule has 2 fully saturated rings. The number of hydrogen-bond acceptors (Lipinski definition) is 6. The molecule has 6 nitrogen and oxygen atoms in total. The van der Waals surface area contributed by atoms with Gasteiger partial charge in [0.15, 0.2) is 11.2 Å². The summed E-state index contributed by atoms with van der Waals surface area (Å²) in [5.74, 6) is 3.20. The summed E-state index contributed by atoms with van der Waals surface area (Å²) < 4.78 is 27.9. The molecule has 6 heteroatoms. The Kier molecular flexibility index (Phi) is 5.60. The van der Waals surface area contributed by atoms with Gasteiger partial charge in [-0.3, -0.25) is 0 Å². The van der Waals surface area contributed by atoms with Gasteiger partial charge in [0.1, 0.15) is 23.0 Å². The first-order valence-electron chi connectivity index (χ1n) is 17.5. The van der Waals surface area contributed by atoms with Crippen LogP contribution in [0.25, 0.3) is 0 Å². The molecular weight excluding hydrogens is 596 g/mol. The van der Waals surface area contributed by atoms with Crippen LogP contribution < -0.4 is 19.3 Å². The summed E-state index contributed by atoms with van der Waals surface area (Å²) in [6.45, 7) is 5.35. The number of benzene rings is 5. The number of fused-ring (bicyclic) bond motifs is 12. The second kappa shape index (κ2) is 9.88. The molecule has 0 bridgehead atoms. The van der Waals surface area contributed by atoms with Crippen molar-refractivity contribution < 1.29 is 18.9 Å². The second-order valence-corrected chi connectivity index (χ2v) is 14.1. The summed E-state index contributed by atoms with van der Waals surface area (Å²) in [4.78, 5) is 4.91. The van der Waals surface area contributed by atoms with E-state index >= 15 is 0 Å². The van der Waals surface area contributed by atoms with E-state index in [0.717, 1.165) is 71.4 Å². The number of hydrogen-bond donors (Lipinski definition) is 0. The Bertz CT molecular complexity index is 2000. The maximum Gasteiger partial charge on any atom is 0.151 e. The lowest BCUT2D eigenvalue weighted by molar-refractivity contribution is 0.0140. The molecule has 6 aliphatic heterocycles. The number of anilines is 2. The average molecular weight is 633 g/mol. The zero-order valence-corrected chi connectivity index (χ0v) is 26.8. The third-order valence-corrected chi connectivity index (χ3v) is 11.6. The summed E-state index contributed by atoms with van der Waals surface area (Å²) >= 11 is 0. The molecule has 5 aromatic carbocycles. The zero-order chi connectivity index (χ0) is 31.5. The van der Waals surface area contributed by atoms with Crippen LogP contribution in [0.5, 0.6) is 23.0 Å². The van der Waals surface area contributed by atoms with Gasteiger partial charge in [-0.2, -0.15) is 0 Å². The molecule has 6 aliphatic rings. The summed E-state index contributed by atoms with van der Waals surface area (Å²) in [7, 11) is 0. The molecule has 238 valence electrons. The minimum atomic E-state index is -0.822. The van der Waals surface area contributed by atoms with Crippen LogP contribution in [0.4, 0.5) is 11.4 Å². The number of ether oxygens (including phenoxy) is 4. The molecule has 0 saturated carbocycles. The first-order valence-corrected chi connectivity index (χ1v) is 17.5. The van der Waals surface area contributed by atoms with E-state index in [1.165, 1.54) is 59.3 Å². The monoisotopic (exact) mass is 632 g/mol. The summed E-state index contributed by atoms with van der Waals surface area (Å²) in [6.07, 6.45) is 4.88. The van der Waals surface area contributed by atoms with E-state index in [9.17, 15) is 0 Å². The fourth-order valence-corrected chi connectivity index (χ4v) is 9.32. The first kappa shape index (κ1) is 27.2. The van der Waals surface area contributed by atoms with Crippen LogP contribution in [0.1, 0.15) is 70.2 Å². The van der Waals surface area contributed by atoms with E-state index in [4.69, 9.17) is 18.9 Å². The van der Waals surface area contributed by atoms with Crippen molar-refractivity contribution in [1.29, 1.82) is 0 Å². The van der Waals surface area contributed by atoms with Crippen molar-refractivity contribution in [3.63, 3.8) is 0 Å². The van der Waals surface area contributed by atoms with Gasteiger partial charge in [0.05, 0.1) is 13.2 Å². The molecule has 0 aromatic heterocycles. The lowest BCUT2D eigenvalue weighted by Gasteiger charge is -2.42. The van der Waals surface area contributed by atoms with Crippen LogP contribution in [0.15, 0.2) is 97.1 Å². The Balaban J connectivity index is 1.15. The molecule has 2 saturated heterocycles. The molecule has 11 rings (SSSR count). The second-order valence-electron chi connectivity index (χ2n) is 14.1. The van der Waals surface area contributed by atoms with Gasteiger partial charge in [-0.15, -0.1) is 0 Å². The summed E-state index contributed by atoms with van der Waals surface area (Å²) in [6, 6.07) is 35.0. The Morgan fingerprint density at radius 1 is 0.417 bits per heavy atom. The van der Waals surface area contributed by atoms with Crippen LogP contribution >= 0.6 is 0 Å². The highest BCUT2D eigenvalue weighted by Crippen LogP contribution is 2.62. The Labute approximate surface area is 280 Å². The lowest BCUT2D eigenvalue weighted by atomic mass is 9.73. The van der Waals surface area contributed by atoms with Gasteiger partial charge >= 0.3 is 0 Å². The zero-order valence-electron chi connectivity index (χ0n) is 26.8. The van der Waals surface area contributed by atoms with Gasteiger partial charge in [-0.25, -0.2) is 0 Å². The van der Waals surface area contributed by atoms with Gasteiger partial charge < -0.3 is 28.7 Å². The molecule has 2 spiro atoms. The van der Waals surface area contributed by atoms with Crippen LogP contribution in [0, 0.1) is 0 Å². The van der Waals surface area contributed by atoms with Gasteiger partial charge in [0.2, 0.25) is 0 Å². The highest BCUT2D eigenvalue weighted by Gasteiger charge is 2.54. The standard InChI is InChI=1S/C42H36N2O4/c1-3-11-31-27(9-1)25-45-41(31)33-15-13-29(43-17-5-6-18-43)21-37(33)47-39-24-40-36(23-35(39)41)42(32-12-4-2-10-28(32)26-46-42)34-16-14-30(22-38(34)48-40)44-19-7-8-20-44/h1-4,9-16,21-24H,5-8,17-20,25-26H2. The van der Waals surface area contributed by atoms with Crippen molar-refractivity contribution >= 4 is 11.4 Å². The van der Waals surface area contributed by atoms with Crippen LogP contribution in [-0.2, 0) is 33.9 Å². The molecule has 6 heterocycles. The molecular formula is C42H36N2O4. The van der Waals surface area contributed by atoms with Crippen molar-refractivity contribution in [2.45, 2.75) is 50.1 Å². The molecule has 2 unspecified atom stereocenters. The van der Waals surface area contributed by atoms with Crippen LogP contribution in [0.2, 0.25) is 0 Å². The fourth-order valence-electron chi connectivity index (χ4n) is 9.32. The SMILES string of the molecule is c1ccc2c(c1)COC21c2ccc(N3CCCC3)cc2Oc2cc3c(cc21)C1(OCc2ccccc21)c1ccc(N2CCCC2)cc1O3. The predicted molar refractivity (Wildman–Crippen MR) is 185 cm³/mol. The van der Waals surface area contributed by atoms with E-state index in [0.29, 0.717) is 13.2 Å². The fraction of sp³-hybridized carbons (Fsp3) is 0.286. The Morgan fingerprint density at radius 3 is 1.33 bits per heavy atom. The lowest BCUT2D eigenvalue weighted by Crippen LogP contribution is -2.36. The third-order valence-electron chi connectivity index (χ3n) is 11.6. The van der Waals surface area contributed by atoms with E-state index in [1.807, 2.05) is 0 Å². The molecule has 5 aromatic rings. The van der Waals surface area contributed by atoms with Crippen molar-refractivity contribution in [1.82, 2.24) is 0 Å². The molecule has 0 amide bonds. The number of nitrogens with zero attached hydrogens (tertiary/aromatic N) is 2. The quantitative estimate of drug-likeness (QED) is 0.194. The molecule has 2 atom stereocenters. The van der Waals surface area contributed by atoms with Gasteiger partial charge in [-0.05, 0) is 78.3 Å². The highest BCUT2D eigenvalue weighted by molar-refractivity contribution is 5.73. The van der Waals surface area contributed by atoms with Crippen molar-refractivity contribution in [3.8, 4) is 23.0 Å². The molecule has 0 N–H and O–H groups in total. The van der Waals surface area contributed by atoms with Gasteiger partial charge in [-0.1, -0.05) is 48.5 Å². The highest BCUT2D eigenvalue weighted by atomic mass is 16.5. The van der Waals surface area contributed by atoms with Crippen LogP contribution in [-0.4, -0.2) is 26.2 Å². The molecule has 0 radical (unpaired) electrons. The van der Waals surface area contributed by atoms with Gasteiger partial charge in [0, 0.05) is 78.0 Å². The van der Waals surface area contributed by atoms with E-state index in [-0.39, 0.29) is 0 Å². The van der Waals surface area contributed by atoms with Crippen molar-refractivity contribution in [2.75, 3.05) is 36.0 Å². The Morgan fingerprint density at radius 2 is 0.854 bits per heavy atom. The summed E-state index contributed by atoms with van der Waals surface area (Å²) in [5.41, 5.74) is 9.53. The third kappa shape index (κ3) is 3.54. The van der Waals surface area contributed by atoms with E-state index < -0.39 is 11.2 Å². The van der Waals surface area contributed by atoms with Crippen molar-refractivity contribution in [2.24, 2.45) is 0 Å². The maximum absolute atomic E-state index is 7.04. The van der Waals surface area contributed by atoms with E-state index in [1.54, 1.807) is 0 Å². The summed E-state index contributed by atoms with van der Waals surface area (Å²) in [5, 5.41) is 0. The van der Waals surface area contributed by atoms with Gasteiger partial charge in [0.25, 0.3) is 0 Å². The molecule has 0 aliphatic carbocycles. The minimum Gasteiger partial charge on any atom is -0.456 e. The van der Waals surface area contributed by atoms with Crippen LogP contribution in [0.3, 0.4) is 0 Å². The van der Waals surface area contributed by atoms with Crippen molar-refractivity contribution in [3.05, 3.63) is 142 Å².